The van der Waals surface area contributed by atoms with Crippen LogP contribution in [-0.2, 0) is 36.1 Å². The Balaban J connectivity index is 2.23. The summed E-state index contributed by atoms with van der Waals surface area (Å²) in [5.41, 5.74) is -1.16. The summed E-state index contributed by atoms with van der Waals surface area (Å²) in [5, 5.41) is 0. The van der Waals surface area contributed by atoms with Crippen molar-refractivity contribution in [2.75, 3.05) is 5.75 Å². The molecule has 172 valence electrons. The molecule has 0 fully saturated rings. The molecule has 2 aromatic carbocycles. The van der Waals surface area contributed by atoms with Gasteiger partial charge in [-0.2, -0.15) is 13.2 Å². The van der Waals surface area contributed by atoms with Crippen molar-refractivity contribution in [1.29, 1.82) is 0 Å². The van der Waals surface area contributed by atoms with Gasteiger partial charge in [-0.05, 0) is 50.6 Å². The Labute approximate surface area is 179 Å². The molecule has 0 bridgehead atoms. The minimum atomic E-state index is -4.76. The molecular formula is C18H20F3NO6S3. The van der Waals surface area contributed by atoms with Gasteiger partial charge in [0, 0.05) is 0 Å². The molecule has 2 aromatic rings. The molecule has 0 spiro atoms. The van der Waals surface area contributed by atoms with Gasteiger partial charge in [0.1, 0.15) is 0 Å². The summed E-state index contributed by atoms with van der Waals surface area (Å²) in [6.07, 6.45) is -5.32. The van der Waals surface area contributed by atoms with E-state index in [9.17, 15) is 38.4 Å². The van der Waals surface area contributed by atoms with E-state index >= 15 is 0 Å². The number of sulfone groups is 1. The highest BCUT2D eigenvalue weighted by Crippen LogP contribution is 2.34. The number of nitrogens with one attached hydrogen (secondary N) is 1. The zero-order valence-corrected chi connectivity index (χ0v) is 18.9. The molecule has 2 rings (SSSR count). The van der Waals surface area contributed by atoms with E-state index in [1.807, 2.05) is 0 Å². The number of benzene rings is 2. The van der Waals surface area contributed by atoms with Gasteiger partial charge in [0.2, 0.25) is 10.0 Å². The number of rotatable bonds is 8. The standard InChI is InChI=1S/C18H20F3NO6S3/c1-17(2,30(25,26)16-10-6-7-14(13-16)18(19,20)21)11-12-29(23,24)22-31(27,28)15-8-4-3-5-9-15/h3-10,13,22H,11-12H2,1-2H3. The molecule has 0 unspecified atom stereocenters. The van der Waals surface area contributed by atoms with Crippen LogP contribution in [0.5, 0.6) is 0 Å². The minimum absolute atomic E-state index is 0.297. The second-order valence-electron chi connectivity index (χ2n) is 7.26. The Bertz CT molecular complexity index is 1250. The summed E-state index contributed by atoms with van der Waals surface area (Å²) >= 11 is 0. The first-order valence-corrected chi connectivity index (χ1v) is 13.3. The van der Waals surface area contributed by atoms with Gasteiger partial charge < -0.3 is 0 Å². The van der Waals surface area contributed by atoms with Crippen molar-refractivity contribution >= 4 is 29.9 Å². The number of sulfonamides is 2. The first kappa shape index (κ1) is 25.3. The zero-order valence-electron chi connectivity index (χ0n) is 16.4. The molecule has 0 saturated heterocycles. The van der Waals surface area contributed by atoms with E-state index in [-0.39, 0.29) is 4.90 Å². The zero-order chi connectivity index (χ0) is 23.7. The van der Waals surface area contributed by atoms with Gasteiger partial charge in [-0.1, -0.05) is 24.3 Å². The summed E-state index contributed by atoms with van der Waals surface area (Å²) < 4.78 is 113. The third kappa shape index (κ3) is 6.05. The lowest BCUT2D eigenvalue weighted by atomic mass is 10.1. The van der Waals surface area contributed by atoms with Gasteiger partial charge in [-0.25, -0.2) is 25.3 Å². The summed E-state index contributed by atoms with van der Waals surface area (Å²) in [6.45, 7) is 2.31. The summed E-state index contributed by atoms with van der Waals surface area (Å²) in [6, 6.07) is 9.81. The van der Waals surface area contributed by atoms with Crippen molar-refractivity contribution < 1.29 is 38.4 Å². The first-order valence-electron chi connectivity index (χ1n) is 8.71. The van der Waals surface area contributed by atoms with E-state index in [1.165, 1.54) is 30.3 Å². The van der Waals surface area contributed by atoms with Crippen molar-refractivity contribution in [1.82, 2.24) is 4.13 Å². The van der Waals surface area contributed by atoms with Gasteiger partial charge >= 0.3 is 6.18 Å². The van der Waals surface area contributed by atoms with Crippen LogP contribution in [0.15, 0.2) is 64.4 Å². The van der Waals surface area contributed by atoms with Gasteiger partial charge in [0.25, 0.3) is 10.0 Å². The third-order valence-electron chi connectivity index (χ3n) is 4.46. The Morgan fingerprint density at radius 3 is 1.90 bits per heavy atom. The minimum Gasteiger partial charge on any atom is -0.223 e. The van der Waals surface area contributed by atoms with E-state index in [4.69, 9.17) is 0 Å². The predicted molar refractivity (Wildman–Crippen MR) is 108 cm³/mol. The van der Waals surface area contributed by atoms with Crippen LogP contribution in [0.25, 0.3) is 0 Å². The van der Waals surface area contributed by atoms with Crippen LogP contribution in [0.3, 0.4) is 0 Å². The molecule has 0 aliphatic rings. The fraction of sp³-hybridized carbons (Fsp3) is 0.333. The van der Waals surface area contributed by atoms with Gasteiger partial charge in [-0.3, -0.25) is 0 Å². The molecule has 0 radical (unpaired) electrons. The first-order chi connectivity index (χ1) is 14.0. The molecular weight excluding hydrogens is 479 g/mol. The molecule has 0 amide bonds. The summed E-state index contributed by atoms with van der Waals surface area (Å²) in [5.74, 6) is -0.885. The van der Waals surface area contributed by atoms with Crippen LogP contribution in [0, 0.1) is 0 Å². The van der Waals surface area contributed by atoms with Crippen LogP contribution in [0.4, 0.5) is 13.2 Å². The van der Waals surface area contributed by atoms with E-state index in [1.54, 1.807) is 4.13 Å². The maximum atomic E-state index is 12.9. The van der Waals surface area contributed by atoms with Crippen LogP contribution < -0.4 is 4.13 Å². The Hall–Kier alpha value is -1.96. The lowest BCUT2D eigenvalue weighted by molar-refractivity contribution is -0.137. The lowest BCUT2D eigenvalue weighted by Gasteiger charge is -2.25. The molecule has 1 N–H and O–H groups in total. The average molecular weight is 500 g/mol. The highest BCUT2D eigenvalue weighted by molar-refractivity contribution is 8.04. The number of alkyl halides is 3. The molecule has 0 aliphatic heterocycles. The number of halogens is 3. The van der Waals surface area contributed by atoms with Crippen LogP contribution in [0.1, 0.15) is 25.8 Å². The van der Waals surface area contributed by atoms with Gasteiger partial charge in [0.05, 0.1) is 25.9 Å². The molecule has 7 nitrogen and oxygen atoms in total. The van der Waals surface area contributed by atoms with E-state index in [0.29, 0.717) is 6.07 Å². The van der Waals surface area contributed by atoms with E-state index in [0.717, 1.165) is 32.0 Å². The Morgan fingerprint density at radius 1 is 0.806 bits per heavy atom. The Kier molecular flexibility index (Phi) is 6.96. The second kappa shape index (κ2) is 8.52. The summed E-state index contributed by atoms with van der Waals surface area (Å²) in [7, 11) is -13.3. The molecule has 0 aromatic heterocycles. The number of hydrogen-bond donors (Lipinski definition) is 1. The van der Waals surface area contributed by atoms with Crippen molar-refractivity contribution in [3.8, 4) is 0 Å². The SMILES string of the molecule is CC(C)(CCS(=O)(=O)NS(=O)(=O)c1ccccc1)S(=O)(=O)c1cccc(C(F)(F)F)c1. The van der Waals surface area contributed by atoms with Crippen molar-refractivity contribution in [2.24, 2.45) is 0 Å². The fourth-order valence-corrected chi connectivity index (χ4v) is 7.56. The third-order valence-corrected chi connectivity index (χ3v) is 10.5. The average Bonchev–Trinajstić information content (AvgIpc) is 2.66. The largest absolute Gasteiger partial charge is 0.416 e. The molecule has 13 heteroatoms. The van der Waals surface area contributed by atoms with Crippen LogP contribution >= 0.6 is 0 Å². The normalized spacial score (nSPS) is 13.8. The second-order valence-corrected chi connectivity index (χ2v) is 13.6. The molecule has 0 heterocycles. The highest BCUT2D eigenvalue weighted by atomic mass is 32.3. The van der Waals surface area contributed by atoms with Crippen molar-refractivity contribution in [3.05, 3.63) is 60.2 Å². The van der Waals surface area contributed by atoms with Crippen LogP contribution in [-0.4, -0.2) is 35.8 Å². The predicted octanol–water partition coefficient (Wildman–Crippen LogP) is 2.96. The topological polar surface area (TPSA) is 114 Å². The Morgan fingerprint density at radius 2 is 1.35 bits per heavy atom. The summed E-state index contributed by atoms with van der Waals surface area (Å²) in [4.78, 5) is -0.913. The van der Waals surface area contributed by atoms with E-state index in [2.05, 4.69) is 0 Å². The van der Waals surface area contributed by atoms with Crippen LogP contribution in [0.2, 0.25) is 0 Å². The van der Waals surface area contributed by atoms with Gasteiger partial charge in [0.15, 0.2) is 9.84 Å². The van der Waals surface area contributed by atoms with E-state index < -0.39 is 63.4 Å². The smallest absolute Gasteiger partial charge is 0.223 e. The van der Waals surface area contributed by atoms with Crippen molar-refractivity contribution in [2.45, 2.75) is 41.0 Å². The molecule has 0 aliphatic carbocycles. The number of hydrogen-bond acceptors (Lipinski definition) is 6. The monoisotopic (exact) mass is 499 g/mol. The fourth-order valence-electron chi connectivity index (χ4n) is 2.53. The lowest BCUT2D eigenvalue weighted by Crippen LogP contribution is -2.38. The van der Waals surface area contributed by atoms with Gasteiger partial charge in [-0.15, -0.1) is 4.13 Å². The maximum Gasteiger partial charge on any atom is 0.416 e. The van der Waals surface area contributed by atoms with Crippen molar-refractivity contribution in [3.63, 3.8) is 0 Å². The molecule has 0 atom stereocenters. The maximum absolute atomic E-state index is 12.9. The quantitative estimate of drug-likeness (QED) is 0.597. The molecule has 0 saturated carbocycles. The molecule has 31 heavy (non-hydrogen) atoms. The highest BCUT2D eigenvalue weighted by Gasteiger charge is 2.39.